The van der Waals surface area contributed by atoms with Crippen molar-refractivity contribution >= 4 is 11.8 Å². The van der Waals surface area contributed by atoms with Gasteiger partial charge in [0.2, 0.25) is 0 Å². The molecule has 2 aliphatic rings. The maximum absolute atomic E-state index is 13.6. The molecule has 1 heterocycles. The SMILES string of the molecule is COc1ccc([C@@H]2C(C(=O)OCc3ccccc3)=C(C)NC3=C2C(=O)CCC3)cc1OCc1ccccc1. The second-order valence-electron chi connectivity index (χ2n) is 9.51. The summed E-state index contributed by atoms with van der Waals surface area (Å²) in [4.78, 5) is 26.8. The second kappa shape index (κ2) is 11.4. The first kappa shape index (κ1) is 25.3. The van der Waals surface area contributed by atoms with E-state index in [0.717, 1.165) is 35.2 Å². The van der Waals surface area contributed by atoms with Crippen LogP contribution in [0.25, 0.3) is 0 Å². The highest BCUT2D eigenvalue weighted by molar-refractivity contribution is 6.03. The lowest BCUT2D eigenvalue weighted by atomic mass is 9.75. The van der Waals surface area contributed by atoms with Crippen molar-refractivity contribution < 1.29 is 23.8 Å². The van der Waals surface area contributed by atoms with Crippen molar-refractivity contribution in [2.75, 3.05) is 7.11 Å². The first-order valence-electron chi connectivity index (χ1n) is 12.8. The Morgan fingerprint density at radius 3 is 2.26 bits per heavy atom. The summed E-state index contributed by atoms with van der Waals surface area (Å²) in [5.41, 5.74) is 5.35. The van der Waals surface area contributed by atoms with Gasteiger partial charge in [-0.25, -0.2) is 4.79 Å². The van der Waals surface area contributed by atoms with Gasteiger partial charge in [-0.3, -0.25) is 4.79 Å². The predicted octanol–water partition coefficient (Wildman–Crippen LogP) is 5.99. The first-order chi connectivity index (χ1) is 18.5. The number of hydrogen-bond donors (Lipinski definition) is 1. The molecule has 0 aromatic heterocycles. The highest BCUT2D eigenvalue weighted by atomic mass is 16.5. The zero-order chi connectivity index (χ0) is 26.5. The van der Waals surface area contributed by atoms with Crippen molar-refractivity contribution in [1.29, 1.82) is 0 Å². The third-order valence-corrected chi connectivity index (χ3v) is 6.97. The Morgan fingerprint density at radius 1 is 0.895 bits per heavy atom. The van der Waals surface area contributed by atoms with E-state index in [0.29, 0.717) is 41.4 Å². The molecule has 1 aliphatic heterocycles. The molecule has 1 aliphatic carbocycles. The van der Waals surface area contributed by atoms with Crippen molar-refractivity contribution in [3.8, 4) is 11.5 Å². The molecule has 0 fully saturated rings. The van der Waals surface area contributed by atoms with Crippen molar-refractivity contribution in [3.63, 3.8) is 0 Å². The maximum Gasteiger partial charge on any atom is 0.337 e. The van der Waals surface area contributed by atoms with E-state index in [2.05, 4.69) is 5.32 Å². The van der Waals surface area contributed by atoms with Crippen molar-refractivity contribution in [1.82, 2.24) is 5.32 Å². The normalized spacial score (nSPS) is 17.0. The minimum absolute atomic E-state index is 0.0483. The smallest absolute Gasteiger partial charge is 0.337 e. The van der Waals surface area contributed by atoms with Gasteiger partial charge in [0, 0.05) is 29.3 Å². The van der Waals surface area contributed by atoms with Crippen molar-refractivity contribution in [3.05, 3.63) is 118 Å². The molecule has 3 aromatic carbocycles. The molecule has 0 spiro atoms. The fourth-order valence-corrected chi connectivity index (χ4v) is 5.11. The van der Waals surface area contributed by atoms with E-state index >= 15 is 0 Å². The topological polar surface area (TPSA) is 73.9 Å². The molecule has 5 rings (SSSR count). The number of rotatable bonds is 8. The average molecular weight is 510 g/mol. The largest absolute Gasteiger partial charge is 0.493 e. The molecule has 0 saturated heterocycles. The minimum Gasteiger partial charge on any atom is -0.493 e. The van der Waals surface area contributed by atoms with Crippen LogP contribution in [0.3, 0.4) is 0 Å². The van der Waals surface area contributed by atoms with Gasteiger partial charge in [-0.15, -0.1) is 0 Å². The fourth-order valence-electron chi connectivity index (χ4n) is 5.11. The van der Waals surface area contributed by atoms with Gasteiger partial charge in [0.15, 0.2) is 17.3 Å². The highest BCUT2D eigenvalue weighted by Gasteiger charge is 2.39. The Hall–Kier alpha value is -4.32. The van der Waals surface area contributed by atoms with Crippen molar-refractivity contribution in [2.45, 2.75) is 45.3 Å². The van der Waals surface area contributed by atoms with E-state index in [9.17, 15) is 9.59 Å². The second-order valence-corrected chi connectivity index (χ2v) is 9.51. The van der Waals surface area contributed by atoms with E-state index in [1.165, 1.54) is 0 Å². The number of carbonyl (C=O) groups excluding carboxylic acids is 2. The van der Waals surface area contributed by atoms with Gasteiger partial charge in [-0.05, 0) is 48.6 Å². The van der Waals surface area contributed by atoms with Crippen LogP contribution in [0.4, 0.5) is 0 Å². The number of ketones is 1. The van der Waals surface area contributed by atoms with Crippen LogP contribution < -0.4 is 14.8 Å². The quantitative estimate of drug-likeness (QED) is 0.376. The molecule has 0 radical (unpaired) electrons. The summed E-state index contributed by atoms with van der Waals surface area (Å²) in [5, 5.41) is 3.34. The molecule has 38 heavy (non-hydrogen) atoms. The molecule has 6 heteroatoms. The van der Waals surface area contributed by atoms with E-state index in [4.69, 9.17) is 14.2 Å². The Kier molecular flexibility index (Phi) is 7.59. The van der Waals surface area contributed by atoms with E-state index in [1.54, 1.807) is 7.11 Å². The molecule has 6 nitrogen and oxygen atoms in total. The Balaban J connectivity index is 1.51. The van der Waals surface area contributed by atoms with Crippen LogP contribution in [0.2, 0.25) is 0 Å². The van der Waals surface area contributed by atoms with Gasteiger partial charge in [0.05, 0.1) is 12.7 Å². The lowest BCUT2D eigenvalue weighted by Crippen LogP contribution is -2.34. The number of benzene rings is 3. The van der Waals surface area contributed by atoms with Crippen LogP contribution in [0.15, 0.2) is 101 Å². The van der Waals surface area contributed by atoms with Gasteiger partial charge in [-0.2, -0.15) is 0 Å². The zero-order valence-electron chi connectivity index (χ0n) is 21.7. The van der Waals surface area contributed by atoms with E-state index in [1.807, 2.05) is 85.8 Å². The number of hydrogen-bond acceptors (Lipinski definition) is 6. The number of carbonyl (C=O) groups is 2. The van der Waals surface area contributed by atoms with Crippen LogP contribution in [0, 0.1) is 0 Å². The number of methoxy groups -OCH3 is 1. The molecule has 0 amide bonds. The predicted molar refractivity (Wildman–Crippen MR) is 144 cm³/mol. The summed E-state index contributed by atoms with van der Waals surface area (Å²) in [7, 11) is 1.59. The number of nitrogens with one attached hydrogen (secondary N) is 1. The van der Waals surface area contributed by atoms with Crippen molar-refractivity contribution in [2.24, 2.45) is 0 Å². The Bertz CT molecular complexity index is 1390. The summed E-state index contributed by atoms with van der Waals surface area (Å²) < 4.78 is 17.5. The zero-order valence-corrected chi connectivity index (χ0v) is 21.7. The third kappa shape index (κ3) is 5.35. The Morgan fingerprint density at radius 2 is 1.58 bits per heavy atom. The van der Waals surface area contributed by atoms with Gasteiger partial charge in [0.25, 0.3) is 0 Å². The summed E-state index contributed by atoms with van der Waals surface area (Å²) in [6.07, 6.45) is 2.00. The summed E-state index contributed by atoms with van der Waals surface area (Å²) in [6, 6.07) is 25.0. The maximum atomic E-state index is 13.6. The van der Waals surface area contributed by atoms with Gasteiger partial charge in [0.1, 0.15) is 13.2 Å². The summed E-state index contributed by atoms with van der Waals surface area (Å²) in [5.74, 6) is 0.167. The number of allylic oxidation sites excluding steroid dienone is 3. The molecule has 0 unspecified atom stereocenters. The molecule has 1 atom stereocenters. The molecular formula is C32H31NO5. The standard InChI is InChI=1S/C32H31NO5/c1-21-29(32(35)38-20-23-12-7-4-8-13-23)30(31-25(33-21)14-9-15-26(31)34)24-16-17-27(36-2)28(18-24)37-19-22-10-5-3-6-11-22/h3-8,10-13,16-18,30,33H,9,14-15,19-20H2,1-2H3/t30-/m1/s1. The number of ether oxygens (including phenoxy) is 3. The van der Waals surface area contributed by atoms with Gasteiger partial charge in [-0.1, -0.05) is 66.7 Å². The minimum atomic E-state index is -0.563. The molecule has 194 valence electrons. The summed E-state index contributed by atoms with van der Waals surface area (Å²) >= 11 is 0. The van der Waals surface area contributed by atoms with Crippen LogP contribution >= 0.6 is 0 Å². The van der Waals surface area contributed by atoms with Gasteiger partial charge >= 0.3 is 5.97 Å². The van der Waals surface area contributed by atoms with E-state index < -0.39 is 11.9 Å². The Labute approximate surface area is 222 Å². The average Bonchev–Trinajstić information content (AvgIpc) is 2.95. The van der Waals surface area contributed by atoms with Crippen LogP contribution in [-0.4, -0.2) is 18.9 Å². The molecule has 3 aromatic rings. The molecule has 1 N–H and O–H groups in total. The van der Waals surface area contributed by atoms with Gasteiger partial charge < -0.3 is 19.5 Å². The first-order valence-corrected chi connectivity index (χ1v) is 12.8. The highest BCUT2D eigenvalue weighted by Crippen LogP contribution is 2.44. The monoisotopic (exact) mass is 509 g/mol. The number of esters is 1. The molecular weight excluding hydrogens is 478 g/mol. The third-order valence-electron chi connectivity index (χ3n) is 6.97. The summed E-state index contributed by atoms with van der Waals surface area (Å²) in [6.45, 7) is 2.38. The van der Waals surface area contributed by atoms with Crippen LogP contribution in [0.1, 0.15) is 48.8 Å². The number of dihydropyridines is 1. The molecule has 0 bridgehead atoms. The molecule has 0 saturated carbocycles. The lowest BCUT2D eigenvalue weighted by Gasteiger charge is -2.34. The van der Waals surface area contributed by atoms with Crippen LogP contribution in [0.5, 0.6) is 11.5 Å². The fraction of sp³-hybridized carbons (Fsp3) is 0.250. The van der Waals surface area contributed by atoms with Crippen LogP contribution in [-0.2, 0) is 27.5 Å². The lowest BCUT2D eigenvalue weighted by molar-refractivity contribution is -0.140. The van der Waals surface area contributed by atoms with E-state index in [-0.39, 0.29) is 12.4 Å². The number of Topliss-reactive ketones (excluding diaryl/α,β-unsaturated/α-hetero) is 1.